The van der Waals surface area contributed by atoms with Crippen LogP contribution in [0.4, 0.5) is 0 Å². The Morgan fingerprint density at radius 1 is 1.64 bits per heavy atom. The fourth-order valence-corrected chi connectivity index (χ4v) is 1.96. The van der Waals surface area contributed by atoms with E-state index >= 15 is 0 Å². The topological polar surface area (TPSA) is 25.8 Å². The van der Waals surface area contributed by atoms with Crippen LogP contribution in [0.3, 0.4) is 0 Å². The van der Waals surface area contributed by atoms with Crippen molar-refractivity contribution >= 4 is 35.9 Å². The molecule has 0 saturated carbocycles. The van der Waals surface area contributed by atoms with Gasteiger partial charge in [-0.05, 0) is 11.5 Å². The summed E-state index contributed by atoms with van der Waals surface area (Å²) in [7, 11) is 0. The van der Waals surface area contributed by atoms with Gasteiger partial charge in [-0.3, -0.25) is 0 Å². The maximum atomic E-state index is 4.05. The van der Waals surface area contributed by atoms with E-state index in [0.717, 1.165) is 15.8 Å². The molecular formula is C6H8N2S3. The lowest BCUT2D eigenvalue weighted by Gasteiger charge is -1.86. The van der Waals surface area contributed by atoms with Crippen LogP contribution in [0.1, 0.15) is 0 Å². The third-order valence-corrected chi connectivity index (χ3v) is 2.88. The second-order valence-electron chi connectivity index (χ2n) is 1.67. The van der Waals surface area contributed by atoms with Crippen molar-refractivity contribution in [3.05, 3.63) is 18.5 Å². The average molecular weight is 204 g/mol. The van der Waals surface area contributed by atoms with Gasteiger partial charge in [0.15, 0.2) is 4.34 Å². The molecule has 2 nitrogen and oxygen atoms in total. The monoisotopic (exact) mass is 204 g/mol. The van der Waals surface area contributed by atoms with Gasteiger partial charge in [0.2, 0.25) is 0 Å². The van der Waals surface area contributed by atoms with E-state index in [1.807, 2.05) is 6.08 Å². The van der Waals surface area contributed by atoms with Crippen molar-refractivity contribution in [1.29, 1.82) is 0 Å². The molecule has 60 valence electrons. The lowest BCUT2D eigenvalue weighted by Crippen LogP contribution is -1.71. The minimum Gasteiger partial charge on any atom is -0.216 e. The summed E-state index contributed by atoms with van der Waals surface area (Å²) < 4.78 is 4.91. The molecule has 11 heavy (non-hydrogen) atoms. The van der Waals surface area contributed by atoms with Crippen molar-refractivity contribution in [2.24, 2.45) is 0 Å². The van der Waals surface area contributed by atoms with Crippen LogP contribution in [0.2, 0.25) is 0 Å². The molecule has 1 rings (SSSR count). The predicted molar refractivity (Wildman–Crippen MR) is 53.6 cm³/mol. The lowest BCUT2D eigenvalue weighted by atomic mass is 10.6. The van der Waals surface area contributed by atoms with Gasteiger partial charge in [0.05, 0.1) is 0 Å². The van der Waals surface area contributed by atoms with Crippen molar-refractivity contribution in [3.8, 4) is 0 Å². The van der Waals surface area contributed by atoms with Crippen molar-refractivity contribution in [3.63, 3.8) is 0 Å². The highest BCUT2D eigenvalue weighted by atomic mass is 32.2. The first-order valence-electron chi connectivity index (χ1n) is 3.09. The van der Waals surface area contributed by atoms with Crippen molar-refractivity contribution in [2.75, 3.05) is 11.5 Å². The Morgan fingerprint density at radius 2 is 2.55 bits per heavy atom. The summed E-state index contributed by atoms with van der Waals surface area (Å²) in [6.45, 7) is 0. The van der Waals surface area contributed by atoms with E-state index in [-0.39, 0.29) is 0 Å². The van der Waals surface area contributed by atoms with Gasteiger partial charge < -0.3 is 0 Å². The maximum absolute atomic E-state index is 4.05. The third kappa shape index (κ3) is 3.79. The summed E-state index contributed by atoms with van der Waals surface area (Å²) in [5, 5.41) is 0. The second kappa shape index (κ2) is 5.62. The van der Waals surface area contributed by atoms with E-state index < -0.39 is 0 Å². The molecule has 0 aliphatic rings. The normalized spacial score (nSPS) is 11.0. The van der Waals surface area contributed by atoms with Gasteiger partial charge in [0.1, 0.15) is 6.33 Å². The number of thioether (sulfide) groups is 1. The van der Waals surface area contributed by atoms with Crippen LogP contribution < -0.4 is 0 Å². The Hall–Kier alpha value is -0.0000000000000000833. The molecule has 0 fully saturated rings. The molecule has 1 heterocycles. The summed E-state index contributed by atoms with van der Waals surface area (Å²) in [4.78, 5) is 4.03. The highest BCUT2D eigenvalue weighted by Crippen LogP contribution is 2.17. The molecule has 0 spiro atoms. The SMILES string of the molecule is SCC=CCSc1ncns1. The number of thiol groups is 1. The van der Waals surface area contributed by atoms with E-state index in [1.54, 1.807) is 18.1 Å². The zero-order chi connectivity index (χ0) is 7.94. The lowest BCUT2D eigenvalue weighted by molar-refractivity contribution is 1.22. The molecular weight excluding hydrogens is 196 g/mol. The van der Waals surface area contributed by atoms with Crippen LogP contribution in [0.15, 0.2) is 22.8 Å². The van der Waals surface area contributed by atoms with Gasteiger partial charge in [0.25, 0.3) is 0 Å². The molecule has 0 saturated heterocycles. The first kappa shape index (κ1) is 9.09. The fourth-order valence-electron chi connectivity index (χ4n) is 0.489. The van der Waals surface area contributed by atoms with Gasteiger partial charge >= 0.3 is 0 Å². The number of hydrogen-bond acceptors (Lipinski definition) is 5. The van der Waals surface area contributed by atoms with Crippen LogP contribution in [0, 0.1) is 0 Å². The van der Waals surface area contributed by atoms with Gasteiger partial charge in [0, 0.05) is 11.5 Å². The Kier molecular flexibility index (Phi) is 4.65. The summed E-state index contributed by atoms with van der Waals surface area (Å²) >= 11 is 7.17. The Balaban J connectivity index is 2.19. The van der Waals surface area contributed by atoms with Gasteiger partial charge in [-0.15, -0.1) is 0 Å². The highest BCUT2D eigenvalue weighted by Gasteiger charge is 1.92. The van der Waals surface area contributed by atoms with E-state index in [4.69, 9.17) is 0 Å². The number of rotatable bonds is 4. The number of nitrogens with zero attached hydrogens (tertiary/aromatic N) is 2. The zero-order valence-electron chi connectivity index (χ0n) is 5.80. The summed E-state index contributed by atoms with van der Waals surface area (Å²) in [5.74, 6) is 1.76. The standard InChI is InChI=1S/C6H8N2S3/c9-3-1-2-4-10-6-7-5-8-11-6/h1-2,5,9H,3-4H2. The Labute approximate surface area is 79.7 Å². The predicted octanol–water partition coefficient (Wildman–Crippen LogP) is 2.12. The van der Waals surface area contributed by atoms with Gasteiger partial charge in [-0.1, -0.05) is 23.9 Å². The van der Waals surface area contributed by atoms with Crippen LogP contribution in [0.25, 0.3) is 0 Å². The van der Waals surface area contributed by atoms with E-state index in [0.29, 0.717) is 0 Å². The molecule has 0 atom stereocenters. The minimum absolute atomic E-state index is 0.802. The largest absolute Gasteiger partial charge is 0.216 e. The zero-order valence-corrected chi connectivity index (χ0v) is 8.33. The molecule has 1 aromatic rings. The first-order chi connectivity index (χ1) is 5.43. The average Bonchev–Trinajstić information content (AvgIpc) is 2.50. The maximum Gasteiger partial charge on any atom is 0.170 e. The molecule has 0 amide bonds. The summed E-state index contributed by atoms with van der Waals surface area (Å²) in [5.41, 5.74) is 0. The second-order valence-corrected chi connectivity index (χ2v) is 4.08. The molecule has 0 aliphatic heterocycles. The van der Waals surface area contributed by atoms with E-state index in [9.17, 15) is 0 Å². The molecule has 0 bridgehead atoms. The van der Waals surface area contributed by atoms with Crippen molar-refractivity contribution in [2.45, 2.75) is 4.34 Å². The Bertz CT molecular complexity index is 208. The van der Waals surface area contributed by atoms with Crippen LogP contribution in [0.5, 0.6) is 0 Å². The fraction of sp³-hybridized carbons (Fsp3) is 0.333. The first-order valence-corrected chi connectivity index (χ1v) is 5.48. The number of hydrogen-bond donors (Lipinski definition) is 1. The van der Waals surface area contributed by atoms with Gasteiger partial charge in [-0.25, -0.2) is 4.98 Å². The molecule has 0 N–H and O–H groups in total. The molecule has 1 aromatic heterocycles. The smallest absolute Gasteiger partial charge is 0.170 e. The molecule has 0 aliphatic carbocycles. The number of aromatic nitrogens is 2. The van der Waals surface area contributed by atoms with Crippen LogP contribution in [-0.4, -0.2) is 20.9 Å². The van der Waals surface area contributed by atoms with Crippen LogP contribution >= 0.6 is 35.9 Å². The van der Waals surface area contributed by atoms with E-state index in [2.05, 4.69) is 28.1 Å². The molecule has 0 aromatic carbocycles. The summed E-state index contributed by atoms with van der Waals surface area (Å²) in [6.07, 6.45) is 5.69. The molecule has 0 unspecified atom stereocenters. The highest BCUT2D eigenvalue weighted by molar-refractivity contribution is 8.01. The van der Waals surface area contributed by atoms with Gasteiger partial charge in [-0.2, -0.15) is 17.0 Å². The Morgan fingerprint density at radius 3 is 3.18 bits per heavy atom. The van der Waals surface area contributed by atoms with Crippen molar-refractivity contribution in [1.82, 2.24) is 9.36 Å². The van der Waals surface area contributed by atoms with Crippen molar-refractivity contribution < 1.29 is 0 Å². The summed E-state index contributed by atoms with van der Waals surface area (Å²) in [6, 6.07) is 0. The molecule has 5 heteroatoms. The quantitative estimate of drug-likeness (QED) is 0.462. The molecule has 0 radical (unpaired) electrons. The minimum atomic E-state index is 0.802. The van der Waals surface area contributed by atoms with Crippen LogP contribution in [-0.2, 0) is 0 Å². The third-order valence-electron chi connectivity index (χ3n) is 0.916. The van der Waals surface area contributed by atoms with E-state index in [1.165, 1.54) is 11.5 Å².